The number of hydrogen-bond donors (Lipinski definition) is 2. The number of aromatic nitrogens is 2. The van der Waals surface area contributed by atoms with Gasteiger partial charge in [0.15, 0.2) is 0 Å². The van der Waals surface area contributed by atoms with Crippen molar-refractivity contribution >= 4 is 0 Å². The molecule has 3 rings (SSSR count). The number of benzene rings is 1. The highest BCUT2D eigenvalue weighted by Gasteiger charge is 2.25. The highest BCUT2D eigenvalue weighted by molar-refractivity contribution is 5.52. The number of H-pyrrole nitrogens is 1. The second kappa shape index (κ2) is 8.57. The van der Waals surface area contributed by atoms with Gasteiger partial charge in [-0.15, -0.1) is 0 Å². The van der Waals surface area contributed by atoms with Crippen molar-refractivity contribution in [3.8, 4) is 11.4 Å². The quantitative estimate of drug-likeness (QED) is 0.804. The molecular weight excluding hydrogens is 366 g/mol. The maximum atomic E-state index is 12.4. The Labute approximate surface area is 172 Å². The van der Waals surface area contributed by atoms with Crippen LogP contribution in [0.5, 0.6) is 5.75 Å². The fraction of sp³-hybridized carbons (Fsp3) is 0.565. The van der Waals surface area contributed by atoms with Crippen LogP contribution < -0.4 is 11.2 Å². The van der Waals surface area contributed by atoms with E-state index >= 15 is 0 Å². The molecule has 0 bridgehead atoms. The Kier molecular flexibility index (Phi) is 6.32. The molecule has 0 amide bonds. The number of hydrogen-bond acceptors (Lipinski definition) is 4. The zero-order valence-electron chi connectivity index (χ0n) is 18.0. The Morgan fingerprint density at radius 2 is 1.86 bits per heavy atom. The van der Waals surface area contributed by atoms with E-state index in [4.69, 9.17) is 0 Å². The Morgan fingerprint density at radius 3 is 2.45 bits per heavy atom. The van der Waals surface area contributed by atoms with Gasteiger partial charge in [0.1, 0.15) is 5.75 Å². The average molecular weight is 400 g/mol. The summed E-state index contributed by atoms with van der Waals surface area (Å²) >= 11 is 0. The Bertz CT molecular complexity index is 963. The first-order valence-electron chi connectivity index (χ1n) is 10.6. The number of nitrogens with zero attached hydrogens (tertiary/aromatic N) is 2. The molecular formula is C23H33N3O3. The zero-order valence-corrected chi connectivity index (χ0v) is 18.0. The van der Waals surface area contributed by atoms with Crippen LogP contribution in [0.25, 0.3) is 5.69 Å². The van der Waals surface area contributed by atoms with Gasteiger partial charge in [0.2, 0.25) is 0 Å². The topological polar surface area (TPSA) is 78.3 Å². The molecule has 2 N–H and O–H groups in total. The van der Waals surface area contributed by atoms with Crippen LogP contribution in [0.3, 0.4) is 0 Å². The fourth-order valence-corrected chi connectivity index (χ4v) is 4.29. The third kappa shape index (κ3) is 4.81. The van der Waals surface area contributed by atoms with Gasteiger partial charge in [-0.05, 0) is 36.9 Å². The Balaban J connectivity index is 2.07. The van der Waals surface area contributed by atoms with Gasteiger partial charge in [0.25, 0.3) is 5.56 Å². The SMILES string of the molecule is CCN(Cc1cc(-n2ccc(=O)[nH]c2=O)cc(C(C)(C)C)c1O)C1CCCCC1. The van der Waals surface area contributed by atoms with Crippen LogP contribution in [0.15, 0.2) is 34.0 Å². The van der Waals surface area contributed by atoms with Gasteiger partial charge in [0.05, 0.1) is 5.69 Å². The Morgan fingerprint density at radius 1 is 1.17 bits per heavy atom. The van der Waals surface area contributed by atoms with Crippen molar-refractivity contribution in [1.29, 1.82) is 0 Å². The molecule has 158 valence electrons. The van der Waals surface area contributed by atoms with Crippen molar-refractivity contribution in [2.75, 3.05) is 6.54 Å². The van der Waals surface area contributed by atoms with Crippen LogP contribution in [-0.2, 0) is 12.0 Å². The molecule has 0 aliphatic heterocycles. The highest BCUT2D eigenvalue weighted by Crippen LogP contribution is 2.36. The average Bonchev–Trinajstić information content (AvgIpc) is 2.67. The molecule has 0 radical (unpaired) electrons. The van der Waals surface area contributed by atoms with Gasteiger partial charge in [0, 0.05) is 36.0 Å². The number of aromatic hydroxyl groups is 1. The van der Waals surface area contributed by atoms with Crippen LogP contribution in [0.1, 0.15) is 70.9 Å². The minimum Gasteiger partial charge on any atom is -0.507 e. The predicted octanol–water partition coefficient (Wildman–Crippen LogP) is 3.68. The van der Waals surface area contributed by atoms with Crippen molar-refractivity contribution in [1.82, 2.24) is 14.5 Å². The van der Waals surface area contributed by atoms with Crippen molar-refractivity contribution < 1.29 is 5.11 Å². The number of phenolic OH excluding ortho intramolecular Hbond substituents is 1. The summed E-state index contributed by atoms with van der Waals surface area (Å²) in [7, 11) is 0. The minimum absolute atomic E-state index is 0.289. The lowest BCUT2D eigenvalue weighted by molar-refractivity contribution is 0.154. The van der Waals surface area contributed by atoms with E-state index in [1.807, 2.05) is 32.9 Å². The summed E-state index contributed by atoms with van der Waals surface area (Å²) in [5.74, 6) is 0.299. The van der Waals surface area contributed by atoms with Crippen molar-refractivity contribution in [2.45, 2.75) is 77.8 Å². The molecule has 1 aromatic heterocycles. The molecule has 2 aromatic rings. The van der Waals surface area contributed by atoms with E-state index in [2.05, 4.69) is 16.8 Å². The lowest BCUT2D eigenvalue weighted by Gasteiger charge is -2.34. The molecule has 0 spiro atoms. The molecule has 0 saturated heterocycles. The molecule has 29 heavy (non-hydrogen) atoms. The lowest BCUT2D eigenvalue weighted by atomic mass is 9.84. The van der Waals surface area contributed by atoms with Crippen molar-refractivity contribution in [2.24, 2.45) is 0 Å². The van der Waals surface area contributed by atoms with Crippen LogP contribution in [-0.4, -0.2) is 32.1 Å². The molecule has 1 aliphatic rings. The summed E-state index contributed by atoms with van der Waals surface area (Å²) in [6.45, 7) is 9.85. The van der Waals surface area contributed by atoms with E-state index in [1.54, 1.807) is 0 Å². The molecule has 1 heterocycles. The normalized spacial score (nSPS) is 15.8. The van der Waals surface area contributed by atoms with Gasteiger partial charge in [-0.1, -0.05) is 47.0 Å². The molecule has 1 aromatic carbocycles. The van der Waals surface area contributed by atoms with Gasteiger partial charge in [-0.3, -0.25) is 19.2 Å². The predicted molar refractivity (Wildman–Crippen MR) is 116 cm³/mol. The summed E-state index contributed by atoms with van der Waals surface area (Å²) in [6, 6.07) is 5.58. The van der Waals surface area contributed by atoms with E-state index < -0.39 is 11.2 Å². The summed E-state index contributed by atoms with van der Waals surface area (Å²) in [5, 5.41) is 11.1. The molecule has 0 atom stereocenters. The summed E-state index contributed by atoms with van der Waals surface area (Å²) in [5.41, 5.74) is 1.08. The first-order chi connectivity index (χ1) is 13.7. The van der Waals surface area contributed by atoms with Crippen LogP contribution in [0, 0.1) is 0 Å². The van der Waals surface area contributed by atoms with Gasteiger partial charge in [-0.25, -0.2) is 4.79 Å². The van der Waals surface area contributed by atoms with E-state index in [9.17, 15) is 14.7 Å². The van der Waals surface area contributed by atoms with Crippen LogP contribution >= 0.6 is 0 Å². The Hall–Kier alpha value is -2.34. The third-order valence-corrected chi connectivity index (χ3v) is 5.95. The van der Waals surface area contributed by atoms with Crippen molar-refractivity contribution in [3.63, 3.8) is 0 Å². The largest absolute Gasteiger partial charge is 0.507 e. The maximum Gasteiger partial charge on any atom is 0.332 e. The molecule has 1 aliphatic carbocycles. The van der Waals surface area contributed by atoms with Gasteiger partial charge < -0.3 is 5.11 Å². The first kappa shape index (κ1) is 21.4. The van der Waals surface area contributed by atoms with Crippen LogP contribution in [0.2, 0.25) is 0 Å². The second-order valence-electron chi connectivity index (χ2n) is 9.09. The smallest absolute Gasteiger partial charge is 0.332 e. The third-order valence-electron chi connectivity index (χ3n) is 5.95. The van der Waals surface area contributed by atoms with E-state index in [1.165, 1.54) is 48.9 Å². The summed E-state index contributed by atoms with van der Waals surface area (Å²) in [4.78, 5) is 28.6. The van der Waals surface area contributed by atoms with Crippen LogP contribution in [0.4, 0.5) is 0 Å². The van der Waals surface area contributed by atoms with E-state index in [0.717, 1.165) is 17.7 Å². The maximum absolute atomic E-state index is 12.4. The van der Waals surface area contributed by atoms with E-state index in [-0.39, 0.29) is 5.41 Å². The van der Waals surface area contributed by atoms with E-state index in [0.29, 0.717) is 24.0 Å². The van der Waals surface area contributed by atoms with Gasteiger partial charge >= 0.3 is 5.69 Å². The molecule has 0 unspecified atom stereocenters. The first-order valence-corrected chi connectivity index (χ1v) is 10.6. The number of rotatable bonds is 5. The monoisotopic (exact) mass is 399 g/mol. The summed E-state index contributed by atoms with van der Waals surface area (Å²) in [6.07, 6.45) is 7.70. The molecule has 1 saturated carbocycles. The molecule has 6 heteroatoms. The molecule has 1 fully saturated rings. The minimum atomic E-state index is -0.478. The number of nitrogens with one attached hydrogen (secondary N) is 1. The lowest BCUT2D eigenvalue weighted by Crippen LogP contribution is -2.36. The second-order valence-corrected chi connectivity index (χ2v) is 9.09. The molecule has 6 nitrogen and oxygen atoms in total. The number of aromatic amines is 1. The van der Waals surface area contributed by atoms with Gasteiger partial charge in [-0.2, -0.15) is 0 Å². The number of phenols is 1. The standard InChI is InChI=1S/C23H33N3O3/c1-5-25(17-9-7-6-8-10-17)15-16-13-18(14-19(21(16)28)23(2,3)4)26-12-11-20(27)24-22(26)29/h11-14,17,28H,5-10,15H2,1-4H3,(H,24,27,29). The summed E-state index contributed by atoms with van der Waals surface area (Å²) < 4.78 is 1.43. The zero-order chi connectivity index (χ0) is 21.2. The fourth-order valence-electron chi connectivity index (χ4n) is 4.29. The van der Waals surface area contributed by atoms with Crippen molar-refractivity contribution in [3.05, 3.63) is 56.4 Å². The highest BCUT2D eigenvalue weighted by atomic mass is 16.3.